The number of amides is 1. The number of hydrogen-bond acceptors (Lipinski definition) is 2. The van der Waals surface area contributed by atoms with Gasteiger partial charge in [0.25, 0.3) is 0 Å². The van der Waals surface area contributed by atoms with Crippen molar-refractivity contribution in [3.63, 3.8) is 0 Å². The second kappa shape index (κ2) is 7.28. The van der Waals surface area contributed by atoms with E-state index in [1.807, 2.05) is 30.6 Å². The van der Waals surface area contributed by atoms with Gasteiger partial charge in [-0.15, -0.1) is 0 Å². The van der Waals surface area contributed by atoms with Crippen molar-refractivity contribution >= 4 is 16.8 Å². The molecule has 2 N–H and O–H groups in total. The molecule has 1 aliphatic rings. The highest BCUT2D eigenvalue weighted by Crippen LogP contribution is 2.36. The van der Waals surface area contributed by atoms with Gasteiger partial charge in [0.1, 0.15) is 5.75 Å². The molecule has 0 saturated carbocycles. The third-order valence-corrected chi connectivity index (χ3v) is 5.24. The van der Waals surface area contributed by atoms with Crippen molar-refractivity contribution in [1.82, 2.24) is 14.9 Å². The van der Waals surface area contributed by atoms with Crippen LogP contribution >= 0.6 is 0 Å². The molecule has 136 valence electrons. The van der Waals surface area contributed by atoms with Gasteiger partial charge in [0.2, 0.25) is 5.91 Å². The van der Waals surface area contributed by atoms with E-state index in [0.717, 1.165) is 43.5 Å². The summed E-state index contributed by atoms with van der Waals surface area (Å²) in [6, 6.07) is 10.2. The van der Waals surface area contributed by atoms with E-state index < -0.39 is 0 Å². The number of aryl methyl sites for hydroxylation is 2. The smallest absolute Gasteiger partial charge is 0.220 e. The number of H-pyrrole nitrogens is 1. The zero-order valence-corrected chi connectivity index (χ0v) is 15.1. The lowest BCUT2D eigenvalue weighted by atomic mass is 9.91. The van der Waals surface area contributed by atoms with Crippen molar-refractivity contribution in [3.8, 4) is 5.75 Å². The third kappa shape index (κ3) is 3.34. The Kier molecular flexibility index (Phi) is 4.69. The van der Waals surface area contributed by atoms with Crippen molar-refractivity contribution < 1.29 is 9.53 Å². The molecule has 2 heterocycles. The number of nitrogens with one attached hydrogen (secondary N) is 2. The van der Waals surface area contributed by atoms with Gasteiger partial charge < -0.3 is 19.6 Å². The molecular weight excluding hydrogens is 326 g/mol. The predicted molar refractivity (Wildman–Crippen MR) is 102 cm³/mol. The number of benzene rings is 1. The molecule has 1 aromatic carbocycles. The van der Waals surface area contributed by atoms with Crippen LogP contribution in [-0.4, -0.2) is 22.6 Å². The van der Waals surface area contributed by atoms with Crippen molar-refractivity contribution in [2.24, 2.45) is 0 Å². The van der Waals surface area contributed by atoms with Crippen LogP contribution in [0.4, 0.5) is 0 Å². The summed E-state index contributed by atoms with van der Waals surface area (Å²) >= 11 is 0. The second-order valence-corrected chi connectivity index (χ2v) is 6.97. The first-order valence-electron chi connectivity index (χ1n) is 9.33. The van der Waals surface area contributed by atoms with Crippen LogP contribution in [-0.2, 0) is 17.8 Å². The molecule has 1 amide bonds. The number of carbonyl (C=O) groups excluding carboxylic acids is 1. The first-order chi connectivity index (χ1) is 12.7. The fraction of sp³-hybridized carbons (Fsp3) is 0.381. The fourth-order valence-electron chi connectivity index (χ4n) is 3.92. The van der Waals surface area contributed by atoms with Gasteiger partial charge in [0.15, 0.2) is 0 Å². The summed E-state index contributed by atoms with van der Waals surface area (Å²) in [6.07, 6.45) is 8.59. The van der Waals surface area contributed by atoms with Crippen LogP contribution in [0.2, 0.25) is 0 Å². The van der Waals surface area contributed by atoms with E-state index in [1.165, 1.54) is 16.6 Å². The minimum Gasteiger partial charge on any atom is -0.497 e. The summed E-state index contributed by atoms with van der Waals surface area (Å²) in [5, 5.41) is 4.45. The maximum Gasteiger partial charge on any atom is 0.220 e. The molecule has 0 bridgehead atoms. The SMILES string of the molecule is COc1ccc2[nH]c3c(c2c1)CCC[C@@H]3NC(=O)CCCn1cccc1. The van der Waals surface area contributed by atoms with Gasteiger partial charge in [0.05, 0.1) is 13.2 Å². The van der Waals surface area contributed by atoms with E-state index in [-0.39, 0.29) is 11.9 Å². The van der Waals surface area contributed by atoms with Gasteiger partial charge in [-0.25, -0.2) is 0 Å². The number of methoxy groups -OCH3 is 1. The summed E-state index contributed by atoms with van der Waals surface area (Å²) in [7, 11) is 1.69. The maximum atomic E-state index is 12.4. The standard InChI is InChI=1S/C21H25N3O2/c1-26-15-9-10-18-17(14-15)16-6-4-7-19(21(16)23-18)22-20(25)8-5-13-24-11-2-3-12-24/h2-3,9-12,14,19,23H,4-8,13H2,1H3,(H,22,25)/t19-/m0/s1. The largest absolute Gasteiger partial charge is 0.497 e. The molecule has 5 nitrogen and oxygen atoms in total. The van der Waals surface area contributed by atoms with Crippen LogP contribution in [0, 0.1) is 0 Å². The van der Waals surface area contributed by atoms with Gasteiger partial charge in [-0.3, -0.25) is 4.79 Å². The lowest BCUT2D eigenvalue weighted by Crippen LogP contribution is -2.31. The van der Waals surface area contributed by atoms with Crippen LogP contribution in [0.15, 0.2) is 42.7 Å². The first kappa shape index (κ1) is 16.8. The monoisotopic (exact) mass is 351 g/mol. The molecular formula is C21H25N3O2. The van der Waals surface area contributed by atoms with Crippen molar-refractivity contribution in [2.75, 3.05) is 7.11 Å². The normalized spacial score (nSPS) is 16.4. The Bertz CT molecular complexity index is 896. The first-order valence-corrected chi connectivity index (χ1v) is 9.33. The van der Waals surface area contributed by atoms with Crippen LogP contribution in [0.5, 0.6) is 5.75 Å². The molecule has 5 heteroatoms. The molecule has 0 aliphatic heterocycles. The number of aromatic nitrogens is 2. The van der Waals surface area contributed by atoms with Gasteiger partial charge >= 0.3 is 0 Å². The van der Waals surface area contributed by atoms with Gasteiger partial charge in [-0.2, -0.15) is 0 Å². The number of fused-ring (bicyclic) bond motifs is 3. The fourth-order valence-corrected chi connectivity index (χ4v) is 3.92. The molecule has 26 heavy (non-hydrogen) atoms. The van der Waals surface area contributed by atoms with E-state index in [2.05, 4.69) is 27.0 Å². The van der Waals surface area contributed by atoms with Gasteiger partial charge in [-0.1, -0.05) is 0 Å². The highest BCUT2D eigenvalue weighted by atomic mass is 16.5. The Labute approximate surface area is 153 Å². The average Bonchev–Trinajstić information content (AvgIpc) is 3.29. The van der Waals surface area contributed by atoms with Crippen LogP contribution in [0.1, 0.15) is 43.0 Å². The van der Waals surface area contributed by atoms with E-state index >= 15 is 0 Å². The lowest BCUT2D eigenvalue weighted by molar-refractivity contribution is -0.122. The van der Waals surface area contributed by atoms with Crippen molar-refractivity contribution in [1.29, 1.82) is 0 Å². The Morgan fingerprint density at radius 1 is 1.35 bits per heavy atom. The molecule has 1 aliphatic carbocycles. The predicted octanol–water partition coefficient (Wildman–Crippen LogP) is 3.95. The summed E-state index contributed by atoms with van der Waals surface area (Å²) in [5.74, 6) is 1.00. The zero-order valence-electron chi connectivity index (χ0n) is 15.1. The number of rotatable bonds is 6. The molecule has 0 fully saturated rings. The van der Waals surface area contributed by atoms with E-state index in [0.29, 0.717) is 6.42 Å². The summed E-state index contributed by atoms with van der Waals surface area (Å²) in [4.78, 5) is 15.9. The highest BCUT2D eigenvalue weighted by molar-refractivity contribution is 5.87. The van der Waals surface area contributed by atoms with E-state index in [4.69, 9.17) is 4.74 Å². The van der Waals surface area contributed by atoms with Crippen molar-refractivity contribution in [2.45, 2.75) is 44.7 Å². The number of ether oxygens (including phenoxy) is 1. The number of carbonyl (C=O) groups is 1. The number of aromatic amines is 1. The molecule has 4 rings (SSSR count). The summed E-state index contributed by atoms with van der Waals surface area (Å²) < 4.78 is 7.47. The van der Waals surface area contributed by atoms with Crippen molar-refractivity contribution in [3.05, 3.63) is 54.0 Å². The molecule has 0 unspecified atom stereocenters. The topological polar surface area (TPSA) is 59.0 Å². The Balaban J connectivity index is 1.44. The molecule has 0 radical (unpaired) electrons. The maximum absolute atomic E-state index is 12.4. The average molecular weight is 351 g/mol. The Morgan fingerprint density at radius 3 is 3.00 bits per heavy atom. The highest BCUT2D eigenvalue weighted by Gasteiger charge is 2.25. The molecule has 2 aromatic heterocycles. The molecule has 3 aromatic rings. The molecule has 0 spiro atoms. The minimum atomic E-state index is 0.0798. The summed E-state index contributed by atoms with van der Waals surface area (Å²) in [6.45, 7) is 0.877. The Hall–Kier alpha value is -2.69. The van der Waals surface area contributed by atoms with Crippen LogP contribution in [0.25, 0.3) is 10.9 Å². The molecule has 1 atom stereocenters. The number of nitrogens with zero attached hydrogens (tertiary/aromatic N) is 1. The summed E-state index contributed by atoms with van der Waals surface area (Å²) in [5.41, 5.74) is 3.60. The molecule has 0 saturated heterocycles. The lowest BCUT2D eigenvalue weighted by Gasteiger charge is -2.24. The van der Waals surface area contributed by atoms with E-state index in [9.17, 15) is 4.79 Å². The quantitative estimate of drug-likeness (QED) is 0.706. The number of hydrogen-bond donors (Lipinski definition) is 2. The van der Waals surface area contributed by atoms with Gasteiger partial charge in [-0.05, 0) is 61.6 Å². The van der Waals surface area contributed by atoms with Crippen LogP contribution in [0.3, 0.4) is 0 Å². The second-order valence-electron chi connectivity index (χ2n) is 6.97. The van der Waals surface area contributed by atoms with Crippen LogP contribution < -0.4 is 10.1 Å². The third-order valence-electron chi connectivity index (χ3n) is 5.24. The minimum absolute atomic E-state index is 0.0798. The Morgan fingerprint density at radius 2 is 2.19 bits per heavy atom. The zero-order chi connectivity index (χ0) is 17.9. The van der Waals surface area contributed by atoms with E-state index in [1.54, 1.807) is 7.11 Å². The van der Waals surface area contributed by atoms with Gasteiger partial charge in [0, 0.05) is 42.0 Å².